The fourth-order valence-corrected chi connectivity index (χ4v) is 6.40. The Kier molecular flexibility index (Phi) is 8.92. The fraction of sp³-hybridized carbons (Fsp3) is 0.0208. The number of aliphatic imine (C=N–C) groups is 1. The summed E-state index contributed by atoms with van der Waals surface area (Å²) in [6.07, 6.45) is 12.1. The van der Waals surface area contributed by atoms with Crippen molar-refractivity contribution in [1.82, 2.24) is 9.97 Å². The first-order valence-electron chi connectivity index (χ1n) is 17.1. The van der Waals surface area contributed by atoms with Gasteiger partial charge in [0.2, 0.25) is 0 Å². The van der Waals surface area contributed by atoms with Crippen molar-refractivity contribution in [2.24, 2.45) is 4.99 Å². The van der Waals surface area contributed by atoms with Crippen molar-refractivity contribution in [1.29, 1.82) is 0 Å². The predicted molar refractivity (Wildman–Crippen MR) is 215 cm³/mol. The zero-order valence-corrected chi connectivity index (χ0v) is 28.2. The van der Waals surface area contributed by atoms with Gasteiger partial charge in [-0.2, -0.15) is 0 Å². The summed E-state index contributed by atoms with van der Waals surface area (Å²) in [6, 6.07) is 53.1. The van der Waals surface area contributed by atoms with E-state index in [1.54, 1.807) is 0 Å². The second kappa shape index (κ2) is 14.4. The number of nitrogens with zero attached hydrogens (tertiary/aromatic N) is 3. The molecular weight excluding hydrogens is 619 g/mol. The van der Waals surface area contributed by atoms with Gasteiger partial charge in [-0.05, 0) is 67.9 Å². The third-order valence-electron chi connectivity index (χ3n) is 9.17. The van der Waals surface area contributed by atoms with Crippen molar-refractivity contribution in [3.05, 3.63) is 200 Å². The van der Waals surface area contributed by atoms with Gasteiger partial charge < -0.3 is 0 Å². The van der Waals surface area contributed by atoms with E-state index in [-0.39, 0.29) is 0 Å². The first kappa shape index (κ1) is 31.6. The molecule has 242 valence electrons. The van der Waals surface area contributed by atoms with Gasteiger partial charge in [-0.1, -0.05) is 170 Å². The monoisotopic (exact) mass is 653 g/mol. The van der Waals surface area contributed by atoms with Crippen LogP contribution in [0.15, 0.2) is 199 Å². The van der Waals surface area contributed by atoms with Crippen LogP contribution in [-0.4, -0.2) is 22.7 Å². The molecule has 0 unspecified atom stereocenters. The van der Waals surface area contributed by atoms with Crippen LogP contribution in [0.2, 0.25) is 0 Å². The molecule has 1 aliphatic heterocycles. The minimum absolute atomic E-state index is 0.706. The molecule has 6 aromatic carbocycles. The summed E-state index contributed by atoms with van der Waals surface area (Å²) in [4.78, 5) is 14.3. The molecular formula is C48H35N3. The third kappa shape index (κ3) is 7.05. The highest BCUT2D eigenvalue weighted by atomic mass is 14.9. The van der Waals surface area contributed by atoms with E-state index in [2.05, 4.69) is 145 Å². The summed E-state index contributed by atoms with van der Waals surface area (Å²) in [5, 5.41) is 2.42. The van der Waals surface area contributed by atoms with E-state index >= 15 is 0 Å². The number of hydrogen-bond acceptors (Lipinski definition) is 3. The lowest BCUT2D eigenvalue weighted by molar-refractivity contribution is 1.18. The van der Waals surface area contributed by atoms with E-state index in [4.69, 9.17) is 9.97 Å². The molecule has 0 radical (unpaired) electrons. The van der Waals surface area contributed by atoms with Crippen LogP contribution in [0.1, 0.15) is 5.56 Å². The van der Waals surface area contributed by atoms with Crippen molar-refractivity contribution >= 4 is 22.6 Å². The number of dihydropyridines is 1. The SMILES string of the molecule is C=C(/C=C\C=C1\C=CC=NC1)c1ccc(-c2cccc3ccc(-c4ccc(-c5nc(-c6ccccc6)cc(-c6ccccc6)n5)cc4)cc23)cc1. The summed E-state index contributed by atoms with van der Waals surface area (Å²) < 4.78 is 0. The van der Waals surface area contributed by atoms with Crippen LogP contribution in [0, 0.1) is 0 Å². The molecule has 0 bridgehead atoms. The molecule has 0 fully saturated rings. The average molecular weight is 654 g/mol. The summed E-state index contributed by atoms with van der Waals surface area (Å²) >= 11 is 0. The fourth-order valence-electron chi connectivity index (χ4n) is 6.40. The van der Waals surface area contributed by atoms with Gasteiger partial charge in [0.25, 0.3) is 0 Å². The number of benzene rings is 6. The Balaban J connectivity index is 1.07. The minimum Gasteiger partial charge on any atom is -0.288 e. The van der Waals surface area contributed by atoms with Gasteiger partial charge in [0.15, 0.2) is 5.82 Å². The Labute approximate surface area is 299 Å². The average Bonchev–Trinajstić information content (AvgIpc) is 3.21. The predicted octanol–water partition coefficient (Wildman–Crippen LogP) is 12.1. The van der Waals surface area contributed by atoms with Crippen LogP contribution in [-0.2, 0) is 0 Å². The van der Waals surface area contributed by atoms with E-state index < -0.39 is 0 Å². The molecule has 0 saturated carbocycles. The lowest BCUT2D eigenvalue weighted by Crippen LogP contribution is -1.95. The minimum atomic E-state index is 0.706. The van der Waals surface area contributed by atoms with Gasteiger partial charge in [0.1, 0.15) is 0 Å². The highest BCUT2D eigenvalue weighted by Crippen LogP contribution is 2.34. The standard InChI is InChI=1S/C48H35N3/c1-34(11-8-12-35-13-10-30-49-33-35)36-20-24-39(25-21-36)44-19-9-18-38-26-29-43(31-45(38)44)37-22-27-42(28-23-37)48-50-46(40-14-4-2-5-15-40)32-47(51-48)41-16-6-3-7-17-41/h2-32H,1,33H2/b11-8-,35-12-. The molecule has 8 rings (SSSR count). The summed E-state index contributed by atoms with van der Waals surface area (Å²) in [5.74, 6) is 0.706. The number of aromatic nitrogens is 2. The highest BCUT2D eigenvalue weighted by Gasteiger charge is 2.12. The third-order valence-corrected chi connectivity index (χ3v) is 9.17. The largest absolute Gasteiger partial charge is 0.288 e. The van der Waals surface area contributed by atoms with Crippen molar-refractivity contribution in [2.45, 2.75) is 0 Å². The maximum Gasteiger partial charge on any atom is 0.160 e. The second-order valence-electron chi connectivity index (χ2n) is 12.6. The van der Waals surface area contributed by atoms with E-state index in [9.17, 15) is 0 Å². The molecule has 2 heterocycles. The van der Waals surface area contributed by atoms with Gasteiger partial charge in [-0.3, -0.25) is 4.99 Å². The first-order chi connectivity index (χ1) is 25.2. The van der Waals surface area contributed by atoms with Crippen molar-refractivity contribution < 1.29 is 0 Å². The number of fused-ring (bicyclic) bond motifs is 1. The highest BCUT2D eigenvalue weighted by molar-refractivity contribution is 5.99. The van der Waals surface area contributed by atoms with Crippen LogP contribution >= 0.6 is 0 Å². The summed E-state index contributed by atoms with van der Waals surface area (Å²) in [6.45, 7) is 5.01. The van der Waals surface area contributed by atoms with E-state index in [1.807, 2.05) is 54.8 Å². The number of allylic oxidation sites excluding steroid dienone is 5. The molecule has 0 spiro atoms. The topological polar surface area (TPSA) is 38.1 Å². The Hall–Kier alpha value is -6.71. The number of hydrogen-bond donors (Lipinski definition) is 0. The maximum atomic E-state index is 5.01. The zero-order valence-electron chi connectivity index (χ0n) is 28.2. The first-order valence-corrected chi connectivity index (χ1v) is 17.1. The molecule has 1 aliphatic rings. The lowest BCUT2D eigenvalue weighted by Gasteiger charge is -2.12. The van der Waals surface area contributed by atoms with Crippen molar-refractivity contribution in [2.75, 3.05) is 6.54 Å². The van der Waals surface area contributed by atoms with Crippen LogP contribution in [0.5, 0.6) is 0 Å². The Morgan fingerprint density at radius 3 is 1.88 bits per heavy atom. The van der Waals surface area contributed by atoms with Crippen LogP contribution in [0.25, 0.3) is 72.5 Å². The number of rotatable bonds is 8. The normalized spacial score (nSPS) is 13.3. The molecule has 0 saturated heterocycles. The summed E-state index contributed by atoms with van der Waals surface area (Å²) in [5.41, 5.74) is 12.8. The second-order valence-corrected chi connectivity index (χ2v) is 12.6. The molecule has 3 heteroatoms. The summed E-state index contributed by atoms with van der Waals surface area (Å²) in [7, 11) is 0. The Morgan fingerprint density at radius 2 is 1.22 bits per heavy atom. The molecule has 0 aliphatic carbocycles. The van der Waals surface area contributed by atoms with Gasteiger partial charge >= 0.3 is 0 Å². The molecule has 51 heavy (non-hydrogen) atoms. The van der Waals surface area contributed by atoms with Crippen molar-refractivity contribution in [3.8, 4) is 56.2 Å². The molecule has 0 N–H and O–H groups in total. The van der Waals surface area contributed by atoms with Crippen LogP contribution in [0.3, 0.4) is 0 Å². The zero-order chi connectivity index (χ0) is 34.4. The molecule has 0 amide bonds. The smallest absolute Gasteiger partial charge is 0.160 e. The van der Waals surface area contributed by atoms with E-state index in [1.165, 1.54) is 27.5 Å². The Bertz CT molecular complexity index is 2410. The van der Waals surface area contributed by atoms with Gasteiger partial charge in [0, 0.05) is 22.9 Å². The Morgan fingerprint density at radius 1 is 0.569 bits per heavy atom. The van der Waals surface area contributed by atoms with Crippen molar-refractivity contribution in [3.63, 3.8) is 0 Å². The molecule has 1 aromatic heterocycles. The maximum absolute atomic E-state index is 5.01. The molecule has 7 aromatic rings. The van der Waals surface area contributed by atoms with Crippen LogP contribution in [0.4, 0.5) is 0 Å². The van der Waals surface area contributed by atoms with Gasteiger partial charge in [0.05, 0.1) is 17.9 Å². The molecule has 0 atom stereocenters. The van der Waals surface area contributed by atoms with Crippen LogP contribution < -0.4 is 0 Å². The van der Waals surface area contributed by atoms with E-state index in [0.29, 0.717) is 12.4 Å². The molecule has 3 nitrogen and oxygen atoms in total. The van der Waals surface area contributed by atoms with Gasteiger partial charge in [-0.15, -0.1) is 0 Å². The lowest BCUT2D eigenvalue weighted by atomic mass is 9.93. The van der Waals surface area contributed by atoms with Gasteiger partial charge in [-0.25, -0.2) is 9.97 Å². The van der Waals surface area contributed by atoms with E-state index in [0.717, 1.165) is 50.3 Å². The quantitative estimate of drug-likeness (QED) is 0.153.